The Morgan fingerprint density at radius 3 is 2.74 bits per heavy atom. The molecule has 0 aliphatic rings. The van der Waals surface area contributed by atoms with Crippen molar-refractivity contribution in [1.82, 2.24) is 0 Å². The summed E-state index contributed by atoms with van der Waals surface area (Å²) >= 11 is 0. The number of halogens is 1. The molecule has 19 heavy (non-hydrogen) atoms. The van der Waals surface area contributed by atoms with Gasteiger partial charge in [0, 0.05) is 5.56 Å². The SMILES string of the molecule is Cc1ccc(C(=N)N)cc1OCc1cccc(F)c1. The maximum atomic E-state index is 13.0. The highest BCUT2D eigenvalue weighted by Gasteiger charge is 2.04. The van der Waals surface area contributed by atoms with Crippen molar-refractivity contribution < 1.29 is 9.13 Å². The van der Waals surface area contributed by atoms with Gasteiger partial charge in [0.1, 0.15) is 24.0 Å². The summed E-state index contributed by atoms with van der Waals surface area (Å²) < 4.78 is 18.7. The molecular formula is C15H15FN2O. The van der Waals surface area contributed by atoms with Gasteiger partial charge < -0.3 is 10.5 Å². The Bertz CT molecular complexity index is 611. The number of nitrogen functional groups attached to an aromatic ring is 1. The molecule has 0 radical (unpaired) electrons. The summed E-state index contributed by atoms with van der Waals surface area (Å²) in [6, 6.07) is 11.6. The fourth-order valence-corrected chi connectivity index (χ4v) is 1.71. The normalized spacial score (nSPS) is 10.2. The lowest BCUT2D eigenvalue weighted by Gasteiger charge is -2.10. The second kappa shape index (κ2) is 5.52. The average molecular weight is 258 g/mol. The minimum atomic E-state index is -0.282. The summed E-state index contributed by atoms with van der Waals surface area (Å²) in [7, 11) is 0. The fraction of sp³-hybridized carbons (Fsp3) is 0.133. The van der Waals surface area contributed by atoms with Crippen molar-refractivity contribution in [3.8, 4) is 5.75 Å². The summed E-state index contributed by atoms with van der Waals surface area (Å²) in [5.41, 5.74) is 7.75. The quantitative estimate of drug-likeness (QED) is 0.654. The number of nitrogens with one attached hydrogen (secondary N) is 1. The monoisotopic (exact) mass is 258 g/mol. The van der Waals surface area contributed by atoms with Crippen molar-refractivity contribution in [2.45, 2.75) is 13.5 Å². The van der Waals surface area contributed by atoms with Crippen LogP contribution in [0.2, 0.25) is 0 Å². The van der Waals surface area contributed by atoms with E-state index >= 15 is 0 Å². The number of hydrogen-bond acceptors (Lipinski definition) is 2. The van der Waals surface area contributed by atoms with E-state index in [9.17, 15) is 4.39 Å². The number of ether oxygens (including phenoxy) is 1. The van der Waals surface area contributed by atoms with Gasteiger partial charge in [0.2, 0.25) is 0 Å². The molecule has 0 aliphatic carbocycles. The average Bonchev–Trinajstić information content (AvgIpc) is 2.37. The Labute approximate surface area is 111 Å². The lowest BCUT2D eigenvalue weighted by molar-refractivity contribution is 0.303. The van der Waals surface area contributed by atoms with Gasteiger partial charge in [-0.3, -0.25) is 5.41 Å². The molecule has 0 unspecified atom stereocenters. The molecule has 2 aromatic rings. The van der Waals surface area contributed by atoms with Crippen molar-refractivity contribution in [2.75, 3.05) is 0 Å². The third kappa shape index (κ3) is 3.31. The number of aryl methyl sites for hydroxylation is 1. The number of rotatable bonds is 4. The zero-order valence-electron chi connectivity index (χ0n) is 10.6. The van der Waals surface area contributed by atoms with Gasteiger partial charge in [-0.1, -0.05) is 24.3 Å². The van der Waals surface area contributed by atoms with Crippen molar-refractivity contribution in [3.63, 3.8) is 0 Å². The largest absolute Gasteiger partial charge is 0.489 e. The molecule has 2 aromatic carbocycles. The molecule has 0 aliphatic heterocycles. The minimum Gasteiger partial charge on any atom is -0.489 e. The first-order valence-corrected chi connectivity index (χ1v) is 5.88. The first-order chi connectivity index (χ1) is 9.06. The van der Waals surface area contributed by atoms with E-state index in [1.165, 1.54) is 12.1 Å². The second-order valence-corrected chi connectivity index (χ2v) is 4.31. The van der Waals surface area contributed by atoms with Gasteiger partial charge in [-0.05, 0) is 36.2 Å². The molecule has 0 atom stereocenters. The lowest BCUT2D eigenvalue weighted by atomic mass is 10.1. The van der Waals surface area contributed by atoms with Crippen molar-refractivity contribution in [3.05, 3.63) is 65.0 Å². The lowest BCUT2D eigenvalue weighted by Crippen LogP contribution is -2.11. The Morgan fingerprint density at radius 2 is 2.05 bits per heavy atom. The maximum absolute atomic E-state index is 13.0. The van der Waals surface area contributed by atoms with Crippen molar-refractivity contribution in [2.24, 2.45) is 5.73 Å². The molecule has 98 valence electrons. The Hall–Kier alpha value is -2.36. The predicted octanol–water partition coefficient (Wildman–Crippen LogP) is 3.00. The minimum absolute atomic E-state index is 0.00407. The standard InChI is InChI=1S/C15H15FN2O/c1-10-5-6-12(15(17)18)8-14(10)19-9-11-3-2-4-13(16)7-11/h2-8H,9H2,1H3,(H3,17,18). The highest BCUT2D eigenvalue weighted by Crippen LogP contribution is 2.20. The zero-order valence-corrected chi connectivity index (χ0v) is 10.6. The topological polar surface area (TPSA) is 59.1 Å². The number of benzene rings is 2. The van der Waals surface area contributed by atoms with Crippen molar-refractivity contribution in [1.29, 1.82) is 5.41 Å². The fourth-order valence-electron chi connectivity index (χ4n) is 1.71. The van der Waals surface area contributed by atoms with Gasteiger partial charge in [0.05, 0.1) is 0 Å². The van der Waals surface area contributed by atoms with Gasteiger partial charge in [0.15, 0.2) is 0 Å². The summed E-state index contributed by atoms with van der Waals surface area (Å²) in [5.74, 6) is 0.364. The van der Waals surface area contributed by atoms with E-state index in [0.717, 1.165) is 11.1 Å². The molecular weight excluding hydrogens is 243 g/mol. The Morgan fingerprint density at radius 1 is 1.26 bits per heavy atom. The molecule has 0 heterocycles. The van der Waals surface area contributed by atoms with Crippen LogP contribution in [0.25, 0.3) is 0 Å². The van der Waals surface area contributed by atoms with E-state index in [2.05, 4.69) is 0 Å². The van der Waals surface area contributed by atoms with E-state index in [1.807, 2.05) is 13.0 Å². The molecule has 0 saturated carbocycles. The van der Waals surface area contributed by atoms with E-state index in [0.29, 0.717) is 11.3 Å². The summed E-state index contributed by atoms with van der Waals surface area (Å²) in [6.45, 7) is 2.19. The van der Waals surface area contributed by atoms with Crippen LogP contribution in [0.4, 0.5) is 4.39 Å². The molecule has 4 heteroatoms. The van der Waals surface area contributed by atoms with E-state index < -0.39 is 0 Å². The zero-order chi connectivity index (χ0) is 13.8. The van der Waals surface area contributed by atoms with Crippen LogP contribution in [0, 0.1) is 18.2 Å². The first-order valence-electron chi connectivity index (χ1n) is 5.88. The molecule has 3 nitrogen and oxygen atoms in total. The van der Waals surface area contributed by atoms with Crippen LogP contribution in [0.1, 0.15) is 16.7 Å². The van der Waals surface area contributed by atoms with Gasteiger partial charge in [0.25, 0.3) is 0 Å². The molecule has 0 spiro atoms. The van der Waals surface area contributed by atoms with Crippen LogP contribution < -0.4 is 10.5 Å². The Kier molecular flexibility index (Phi) is 3.80. The van der Waals surface area contributed by atoms with Gasteiger partial charge in [-0.2, -0.15) is 0 Å². The van der Waals surface area contributed by atoms with E-state index in [1.54, 1.807) is 24.3 Å². The van der Waals surface area contributed by atoms with Crippen LogP contribution in [-0.2, 0) is 6.61 Å². The highest BCUT2D eigenvalue weighted by molar-refractivity contribution is 5.95. The second-order valence-electron chi connectivity index (χ2n) is 4.31. The molecule has 2 rings (SSSR count). The third-order valence-electron chi connectivity index (χ3n) is 2.78. The molecule has 0 amide bonds. The predicted molar refractivity (Wildman–Crippen MR) is 72.9 cm³/mol. The van der Waals surface area contributed by atoms with Crippen LogP contribution in [0.3, 0.4) is 0 Å². The van der Waals surface area contributed by atoms with Crippen LogP contribution in [0.5, 0.6) is 5.75 Å². The summed E-state index contributed by atoms with van der Waals surface area (Å²) in [5, 5.41) is 7.40. The third-order valence-corrected chi connectivity index (χ3v) is 2.78. The molecule has 0 bridgehead atoms. The van der Waals surface area contributed by atoms with Gasteiger partial charge in [-0.25, -0.2) is 4.39 Å². The van der Waals surface area contributed by atoms with E-state index in [-0.39, 0.29) is 18.3 Å². The molecule has 3 N–H and O–H groups in total. The summed E-state index contributed by atoms with van der Waals surface area (Å²) in [4.78, 5) is 0. The van der Waals surface area contributed by atoms with Gasteiger partial charge in [-0.15, -0.1) is 0 Å². The highest BCUT2D eigenvalue weighted by atomic mass is 19.1. The van der Waals surface area contributed by atoms with Crippen LogP contribution in [0.15, 0.2) is 42.5 Å². The number of amidine groups is 1. The maximum Gasteiger partial charge on any atom is 0.123 e. The number of nitrogens with two attached hydrogens (primary N) is 1. The number of hydrogen-bond donors (Lipinski definition) is 2. The van der Waals surface area contributed by atoms with E-state index in [4.69, 9.17) is 15.9 Å². The Balaban J connectivity index is 2.15. The van der Waals surface area contributed by atoms with Gasteiger partial charge >= 0.3 is 0 Å². The van der Waals surface area contributed by atoms with Crippen molar-refractivity contribution >= 4 is 5.84 Å². The first kappa shape index (κ1) is 13.1. The smallest absolute Gasteiger partial charge is 0.123 e. The molecule has 0 fully saturated rings. The van der Waals surface area contributed by atoms with Crippen LogP contribution in [-0.4, -0.2) is 5.84 Å². The molecule has 0 aromatic heterocycles. The summed E-state index contributed by atoms with van der Waals surface area (Å²) in [6.07, 6.45) is 0. The molecule has 0 saturated heterocycles. The van der Waals surface area contributed by atoms with Crippen LogP contribution >= 0.6 is 0 Å².